The molecule has 11 heavy (non-hydrogen) atoms. The van der Waals surface area contributed by atoms with Gasteiger partial charge in [0.2, 0.25) is 5.91 Å². The van der Waals surface area contributed by atoms with E-state index in [1.165, 1.54) is 0 Å². The molecule has 0 aromatic heterocycles. The minimum Gasteiger partial charge on any atom is -0.377 e. The van der Waals surface area contributed by atoms with E-state index in [0.29, 0.717) is 12.6 Å². The number of carbonyl (C=O) groups excluding carboxylic acids is 1. The molecule has 0 aromatic carbocycles. The van der Waals surface area contributed by atoms with Crippen LogP contribution in [-0.2, 0) is 9.53 Å². The van der Waals surface area contributed by atoms with Gasteiger partial charge in [-0.15, -0.1) is 0 Å². The van der Waals surface area contributed by atoms with E-state index in [1.807, 2.05) is 4.90 Å². The summed E-state index contributed by atoms with van der Waals surface area (Å²) in [5.74, 6) is 0.213. The van der Waals surface area contributed by atoms with Gasteiger partial charge in [-0.05, 0) is 0 Å². The highest BCUT2D eigenvalue weighted by Crippen LogP contribution is 2.11. The zero-order valence-electron chi connectivity index (χ0n) is 6.38. The number of piperazine rings is 1. The van der Waals surface area contributed by atoms with E-state index in [1.54, 1.807) is 0 Å². The third kappa shape index (κ3) is 1.23. The number of hydrogen-bond acceptors (Lipinski definition) is 3. The van der Waals surface area contributed by atoms with Gasteiger partial charge in [-0.2, -0.15) is 0 Å². The Hall–Kier alpha value is -0.610. The lowest BCUT2D eigenvalue weighted by atomic mass is 10.2. The molecule has 2 saturated heterocycles. The SMILES string of the molecule is O=C1CNCCN1C1COC1. The van der Waals surface area contributed by atoms with Gasteiger partial charge in [0.15, 0.2) is 0 Å². The smallest absolute Gasteiger partial charge is 0.236 e. The highest BCUT2D eigenvalue weighted by Gasteiger charge is 2.30. The minimum atomic E-state index is 0.213. The van der Waals surface area contributed by atoms with E-state index in [-0.39, 0.29) is 5.91 Å². The second-order valence-electron chi connectivity index (χ2n) is 2.96. The first-order valence-electron chi connectivity index (χ1n) is 3.96. The van der Waals surface area contributed by atoms with Crippen molar-refractivity contribution in [3.05, 3.63) is 0 Å². The van der Waals surface area contributed by atoms with Crippen molar-refractivity contribution in [2.45, 2.75) is 6.04 Å². The third-order valence-corrected chi connectivity index (χ3v) is 2.19. The first kappa shape index (κ1) is 7.06. The van der Waals surface area contributed by atoms with Crippen molar-refractivity contribution in [2.24, 2.45) is 0 Å². The van der Waals surface area contributed by atoms with Crippen molar-refractivity contribution in [3.63, 3.8) is 0 Å². The molecule has 2 fully saturated rings. The molecule has 1 N–H and O–H groups in total. The summed E-state index contributed by atoms with van der Waals surface area (Å²) in [6, 6.07) is 0.365. The molecule has 0 saturated carbocycles. The molecule has 4 heteroatoms. The molecule has 0 aliphatic carbocycles. The topological polar surface area (TPSA) is 41.6 Å². The summed E-state index contributed by atoms with van der Waals surface area (Å²) in [4.78, 5) is 13.2. The van der Waals surface area contributed by atoms with Crippen molar-refractivity contribution >= 4 is 5.91 Å². The Bertz CT molecular complexity index is 168. The predicted octanol–water partition coefficient (Wildman–Crippen LogP) is -1.18. The van der Waals surface area contributed by atoms with Gasteiger partial charge in [0.05, 0.1) is 25.8 Å². The van der Waals surface area contributed by atoms with Crippen LogP contribution in [0, 0.1) is 0 Å². The molecule has 1 amide bonds. The number of ether oxygens (including phenoxy) is 1. The van der Waals surface area contributed by atoms with E-state index < -0.39 is 0 Å². The van der Waals surface area contributed by atoms with E-state index in [2.05, 4.69) is 5.32 Å². The zero-order chi connectivity index (χ0) is 7.68. The first-order valence-corrected chi connectivity index (χ1v) is 3.96. The van der Waals surface area contributed by atoms with E-state index in [4.69, 9.17) is 4.74 Å². The molecule has 62 valence electrons. The van der Waals surface area contributed by atoms with Gasteiger partial charge in [-0.1, -0.05) is 0 Å². The maximum Gasteiger partial charge on any atom is 0.236 e. The van der Waals surface area contributed by atoms with Crippen LogP contribution in [0.15, 0.2) is 0 Å². The van der Waals surface area contributed by atoms with Crippen LogP contribution in [0.3, 0.4) is 0 Å². The Balaban J connectivity index is 1.93. The Morgan fingerprint density at radius 1 is 1.55 bits per heavy atom. The normalized spacial score (nSPS) is 26.9. The fourth-order valence-electron chi connectivity index (χ4n) is 1.41. The van der Waals surface area contributed by atoms with E-state index in [9.17, 15) is 4.79 Å². The molecule has 2 heterocycles. The van der Waals surface area contributed by atoms with Crippen LogP contribution in [0.2, 0.25) is 0 Å². The molecular formula is C7H12N2O2. The van der Waals surface area contributed by atoms with Crippen molar-refractivity contribution < 1.29 is 9.53 Å². The Morgan fingerprint density at radius 2 is 2.36 bits per heavy atom. The zero-order valence-corrected chi connectivity index (χ0v) is 6.38. The molecule has 0 bridgehead atoms. The van der Waals surface area contributed by atoms with Gasteiger partial charge < -0.3 is 15.0 Å². The van der Waals surface area contributed by atoms with Crippen LogP contribution in [0.5, 0.6) is 0 Å². The average molecular weight is 156 g/mol. The van der Waals surface area contributed by atoms with Gasteiger partial charge in [-0.25, -0.2) is 0 Å². The van der Waals surface area contributed by atoms with Crippen molar-refractivity contribution in [3.8, 4) is 0 Å². The Morgan fingerprint density at radius 3 is 2.91 bits per heavy atom. The molecule has 0 unspecified atom stereocenters. The fraction of sp³-hybridized carbons (Fsp3) is 0.857. The number of amides is 1. The first-order chi connectivity index (χ1) is 5.38. The quantitative estimate of drug-likeness (QED) is 0.519. The lowest BCUT2D eigenvalue weighted by Gasteiger charge is -2.39. The summed E-state index contributed by atoms with van der Waals surface area (Å²) < 4.78 is 5.02. The average Bonchev–Trinajstić information content (AvgIpc) is 1.90. The Labute approximate surface area is 65.5 Å². The van der Waals surface area contributed by atoms with E-state index >= 15 is 0 Å². The molecule has 4 nitrogen and oxygen atoms in total. The van der Waals surface area contributed by atoms with Crippen LogP contribution >= 0.6 is 0 Å². The largest absolute Gasteiger partial charge is 0.377 e. The summed E-state index contributed by atoms with van der Waals surface area (Å²) in [6.07, 6.45) is 0. The van der Waals surface area contributed by atoms with Crippen LogP contribution in [-0.4, -0.2) is 49.7 Å². The van der Waals surface area contributed by atoms with Crippen LogP contribution < -0.4 is 5.32 Å². The molecule has 2 aliphatic heterocycles. The molecule has 0 radical (unpaired) electrons. The number of nitrogens with zero attached hydrogens (tertiary/aromatic N) is 1. The van der Waals surface area contributed by atoms with Gasteiger partial charge in [0.1, 0.15) is 0 Å². The number of hydrogen-bond donors (Lipinski definition) is 1. The maximum absolute atomic E-state index is 11.2. The van der Waals surface area contributed by atoms with Crippen molar-refractivity contribution in [1.29, 1.82) is 0 Å². The second kappa shape index (κ2) is 2.79. The molecule has 2 aliphatic rings. The standard InChI is InChI=1S/C7H12N2O2/c10-7-3-8-1-2-9(7)6-4-11-5-6/h6,8H,1-5H2. The molecular weight excluding hydrogens is 144 g/mol. The van der Waals surface area contributed by atoms with Gasteiger partial charge in [0, 0.05) is 13.1 Å². The summed E-state index contributed by atoms with van der Waals surface area (Å²) in [5.41, 5.74) is 0. The highest BCUT2D eigenvalue weighted by atomic mass is 16.5. The number of nitrogens with one attached hydrogen (secondary N) is 1. The molecule has 0 spiro atoms. The summed E-state index contributed by atoms with van der Waals surface area (Å²) >= 11 is 0. The number of rotatable bonds is 1. The highest BCUT2D eigenvalue weighted by molar-refractivity contribution is 5.79. The van der Waals surface area contributed by atoms with Gasteiger partial charge in [-0.3, -0.25) is 4.79 Å². The van der Waals surface area contributed by atoms with Crippen LogP contribution in [0.1, 0.15) is 0 Å². The Kier molecular flexibility index (Phi) is 1.79. The molecule has 0 atom stereocenters. The van der Waals surface area contributed by atoms with Crippen LogP contribution in [0.4, 0.5) is 0 Å². The molecule has 0 aromatic rings. The second-order valence-corrected chi connectivity index (χ2v) is 2.96. The summed E-state index contributed by atoms with van der Waals surface area (Å²) in [6.45, 7) is 3.71. The van der Waals surface area contributed by atoms with Crippen LogP contribution in [0.25, 0.3) is 0 Å². The van der Waals surface area contributed by atoms with Crippen molar-refractivity contribution in [2.75, 3.05) is 32.8 Å². The maximum atomic E-state index is 11.2. The van der Waals surface area contributed by atoms with E-state index in [0.717, 1.165) is 26.3 Å². The summed E-state index contributed by atoms with van der Waals surface area (Å²) in [7, 11) is 0. The monoisotopic (exact) mass is 156 g/mol. The lowest BCUT2D eigenvalue weighted by Crippen LogP contribution is -2.58. The molecule has 2 rings (SSSR count). The number of carbonyl (C=O) groups is 1. The summed E-state index contributed by atoms with van der Waals surface area (Å²) in [5, 5.41) is 3.04. The predicted molar refractivity (Wildman–Crippen MR) is 39.2 cm³/mol. The third-order valence-electron chi connectivity index (χ3n) is 2.19. The minimum absolute atomic E-state index is 0.213. The van der Waals surface area contributed by atoms with Gasteiger partial charge in [0.25, 0.3) is 0 Å². The fourth-order valence-corrected chi connectivity index (χ4v) is 1.41. The lowest BCUT2D eigenvalue weighted by molar-refractivity contribution is -0.145. The van der Waals surface area contributed by atoms with Gasteiger partial charge >= 0.3 is 0 Å². The van der Waals surface area contributed by atoms with Crippen molar-refractivity contribution in [1.82, 2.24) is 10.2 Å².